The van der Waals surface area contributed by atoms with Gasteiger partial charge in [-0.15, -0.1) is 0 Å². The zero-order valence-corrected chi connectivity index (χ0v) is 10.00. The number of hydrogen-bond donors (Lipinski definition) is 0. The maximum absolute atomic E-state index is 12.2. The van der Waals surface area contributed by atoms with Crippen molar-refractivity contribution in [2.24, 2.45) is 0 Å². The van der Waals surface area contributed by atoms with Crippen molar-refractivity contribution in [1.29, 1.82) is 5.26 Å². The number of carbonyl (C=O) groups excluding carboxylic acids is 1. The van der Waals surface area contributed by atoms with Crippen LogP contribution in [0, 0.1) is 11.3 Å². The summed E-state index contributed by atoms with van der Waals surface area (Å²) in [5.41, 5.74) is -0.605. The second-order valence-corrected chi connectivity index (χ2v) is 4.45. The highest BCUT2D eigenvalue weighted by Gasteiger charge is 2.44. The van der Waals surface area contributed by atoms with Crippen LogP contribution in [0.25, 0.3) is 0 Å². The summed E-state index contributed by atoms with van der Waals surface area (Å²) >= 11 is 0. The number of hydrogen-bond acceptors (Lipinski definition) is 4. The molecule has 0 radical (unpaired) electrons. The first-order valence-corrected chi connectivity index (χ1v) is 5.64. The summed E-state index contributed by atoms with van der Waals surface area (Å²) in [5, 5.41) is 13.1. The smallest absolute Gasteiger partial charge is 0.248 e. The molecule has 0 bridgehead atoms. The number of aromatic nitrogens is 3. The third kappa shape index (κ3) is 1.78. The molecule has 0 N–H and O–H groups in total. The summed E-state index contributed by atoms with van der Waals surface area (Å²) < 4.78 is 1.50. The molecular formula is C11H15N5O. The van der Waals surface area contributed by atoms with Gasteiger partial charge in [-0.05, 0) is 26.2 Å². The second-order valence-electron chi connectivity index (χ2n) is 4.45. The Labute approximate surface area is 99.9 Å². The Bertz CT molecular complexity index is 443. The van der Waals surface area contributed by atoms with E-state index in [0.29, 0.717) is 0 Å². The molecule has 1 saturated carbocycles. The second kappa shape index (κ2) is 4.17. The molecule has 1 aromatic rings. The van der Waals surface area contributed by atoms with Crippen molar-refractivity contribution in [3.63, 3.8) is 0 Å². The molecular weight excluding hydrogens is 218 g/mol. The monoisotopic (exact) mass is 233 g/mol. The van der Waals surface area contributed by atoms with Crippen molar-refractivity contribution < 1.29 is 4.79 Å². The fourth-order valence-corrected chi connectivity index (χ4v) is 2.06. The van der Waals surface area contributed by atoms with Crippen molar-refractivity contribution in [2.75, 3.05) is 7.05 Å². The molecule has 1 aliphatic carbocycles. The van der Waals surface area contributed by atoms with Crippen LogP contribution in [-0.4, -0.2) is 38.2 Å². The van der Waals surface area contributed by atoms with Crippen molar-refractivity contribution in [3.8, 4) is 6.07 Å². The van der Waals surface area contributed by atoms with E-state index >= 15 is 0 Å². The van der Waals surface area contributed by atoms with E-state index in [2.05, 4.69) is 16.2 Å². The normalized spacial score (nSPS) is 18.9. The number of likely N-dealkylation sites (N-methyl/N-ethyl adjacent to an activating group) is 1. The Morgan fingerprint density at radius 2 is 2.35 bits per heavy atom. The summed E-state index contributed by atoms with van der Waals surface area (Å²) in [4.78, 5) is 17.6. The first-order valence-electron chi connectivity index (χ1n) is 5.64. The molecule has 0 spiro atoms. The number of amides is 1. The number of nitriles is 1. The van der Waals surface area contributed by atoms with Crippen LogP contribution < -0.4 is 0 Å². The lowest BCUT2D eigenvalue weighted by Gasteiger charge is -2.43. The van der Waals surface area contributed by atoms with Gasteiger partial charge in [-0.2, -0.15) is 10.4 Å². The van der Waals surface area contributed by atoms with Gasteiger partial charge in [0.1, 0.15) is 24.2 Å². The van der Waals surface area contributed by atoms with E-state index in [-0.39, 0.29) is 5.91 Å². The number of nitrogens with zero attached hydrogens (tertiary/aromatic N) is 5. The van der Waals surface area contributed by atoms with E-state index in [1.165, 1.54) is 17.3 Å². The van der Waals surface area contributed by atoms with Crippen LogP contribution in [0.2, 0.25) is 0 Å². The topological polar surface area (TPSA) is 74.8 Å². The van der Waals surface area contributed by atoms with Gasteiger partial charge in [0.05, 0.1) is 6.07 Å². The lowest BCUT2D eigenvalue weighted by Crippen LogP contribution is -2.54. The van der Waals surface area contributed by atoms with E-state index in [0.717, 1.165) is 19.3 Å². The van der Waals surface area contributed by atoms with Crippen LogP contribution in [0.1, 0.15) is 32.2 Å². The summed E-state index contributed by atoms with van der Waals surface area (Å²) in [6, 6.07) is 1.83. The average molecular weight is 233 g/mol. The van der Waals surface area contributed by atoms with E-state index in [1.807, 2.05) is 0 Å². The van der Waals surface area contributed by atoms with Gasteiger partial charge in [0.25, 0.3) is 0 Å². The molecule has 0 aliphatic heterocycles. The van der Waals surface area contributed by atoms with Crippen molar-refractivity contribution in [1.82, 2.24) is 19.7 Å². The summed E-state index contributed by atoms with van der Waals surface area (Å²) in [7, 11) is 1.69. The van der Waals surface area contributed by atoms with E-state index in [1.54, 1.807) is 18.9 Å². The molecule has 1 heterocycles. The van der Waals surface area contributed by atoms with Gasteiger partial charge >= 0.3 is 0 Å². The first kappa shape index (κ1) is 11.6. The van der Waals surface area contributed by atoms with Crippen LogP contribution in [0.5, 0.6) is 0 Å². The molecule has 1 fully saturated rings. The zero-order valence-electron chi connectivity index (χ0n) is 10.00. The van der Waals surface area contributed by atoms with Crippen molar-refractivity contribution in [2.45, 2.75) is 37.8 Å². The molecule has 90 valence electrons. The Morgan fingerprint density at radius 3 is 2.76 bits per heavy atom. The van der Waals surface area contributed by atoms with Gasteiger partial charge in [0.15, 0.2) is 0 Å². The highest BCUT2D eigenvalue weighted by Crippen LogP contribution is 2.37. The molecule has 1 atom stereocenters. The predicted molar refractivity (Wildman–Crippen MR) is 59.7 cm³/mol. The predicted octanol–water partition coefficient (Wildman–Crippen LogP) is 0.744. The third-order valence-corrected chi connectivity index (χ3v) is 3.55. The SMILES string of the molecule is CC(C(=O)N(C)C1(C#N)CCC1)n1cncn1. The molecule has 1 aromatic heterocycles. The largest absolute Gasteiger partial charge is 0.325 e. The molecule has 1 aliphatic rings. The van der Waals surface area contributed by atoms with E-state index in [4.69, 9.17) is 0 Å². The third-order valence-electron chi connectivity index (χ3n) is 3.55. The fourth-order valence-electron chi connectivity index (χ4n) is 2.06. The Kier molecular flexibility index (Phi) is 2.84. The number of rotatable bonds is 3. The standard InChI is InChI=1S/C11H15N5O/c1-9(16-8-13-7-14-16)10(17)15(2)11(6-12)4-3-5-11/h7-9H,3-5H2,1-2H3. The van der Waals surface area contributed by atoms with E-state index < -0.39 is 11.6 Å². The highest BCUT2D eigenvalue weighted by molar-refractivity contribution is 5.81. The van der Waals surface area contributed by atoms with E-state index in [9.17, 15) is 10.1 Å². The van der Waals surface area contributed by atoms with Crippen LogP contribution in [-0.2, 0) is 4.79 Å². The molecule has 17 heavy (non-hydrogen) atoms. The van der Waals surface area contributed by atoms with Gasteiger partial charge in [0, 0.05) is 7.05 Å². The fraction of sp³-hybridized carbons (Fsp3) is 0.636. The van der Waals surface area contributed by atoms with Gasteiger partial charge in [-0.25, -0.2) is 9.67 Å². The summed E-state index contributed by atoms with van der Waals surface area (Å²) in [6.07, 6.45) is 5.43. The van der Waals surface area contributed by atoms with Gasteiger partial charge < -0.3 is 4.90 Å². The maximum Gasteiger partial charge on any atom is 0.248 e. The Balaban J connectivity index is 2.13. The zero-order chi connectivity index (χ0) is 12.5. The first-order chi connectivity index (χ1) is 8.10. The van der Waals surface area contributed by atoms with Gasteiger partial charge in [-0.3, -0.25) is 4.79 Å². The minimum Gasteiger partial charge on any atom is -0.325 e. The van der Waals surface area contributed by atoms with Crippen LogP contribution >= 0.6 is 0 Å². The summed E-state index contributed by atoms with van der Waals surface area (Å²) in [5.74, 6) is -0.100. The van der Waals surface area contributed by atoms with Crippen molar-refractivity contribution >= 4 is 5.91 Å². The van der Waals surface area contributed by atoms with Gasteiger partial charge in [-0.1, -0.05) is 0 Å². The quantitative estimate of drug-likeness (QED) is 0.771. The number of carbonyl (C=O) groups is 1. The molecule has 1 amide bonds. The minimum atomic E-state index is -0.605. The lowest BCUT2D eigenvalue weighted by molar-refractivity contribution is -0.139. The van der Waals surface area contributed by atoms with Gasteiger partial charge in [0.2, 0.25) is 5.91 Å². The molecule has 2 rings (SSSR count). The minimum absolute atomic E-state index is 0.100. The van der Waals surface area contributed by atoms with Crippen LogP contribution in [0.4, 0.5) is 0 Å². The summed E-state index contributed by atoms with van der Waals surface area (Å²) in [6.45, 7) is 1.76. The molecule has 1 unspecified atom stereocenters. The molecule has 6 heteroatoms. The molecule has 0 saturated heterocycles. The highest BCUT2D eigenvalue weighted by atomic mass is 16.2. The Morgan fingerprint density at radius 1 is 1.65 bits per heavy atom. The molecule has 0 aromatic carbocycles. The molecule has 6 nitrogen and oxygen atoms in total. The van der Waals surface area contributed by atoms with Crippen molar-refractivity contribution in [3.05, 3.63) is 12.7 Å². The van der Waals surface area contributed by atoms with Crippen LogP contribution in [0.3, 0.4) is 0 Å². The Hall–Kier alpha value is -1.90. The van der Waals surface area contributed by atoms with Crippen LogP contribution in [0.15, 0.2) is 12.7 Å². The maximum atomic E-state index is 12.2. The lowest BCUT2D eigenvalue weighted by atomic mass is 9.76. The average Bonchev–Trinajstić information content (AvgIpc) is 2.79.